The number of nitrogens with zero attached hydrogens (tertiary/aromatic N) is 6. The Labute approximate surface area is 238 Å². The van der Waals surface area contributed by atoms with Gasteiger partial charge in [-0.3, -0.25) is 0 Å². The van der Waals surface area contributed by atoms with Gasteiger partial charge in [0.2, 0.25) is 23.8 Å². The molecule has 2 bridgehead atoms. The number of aliphatic hydroxyl groups is 3. The summed E-state index contributed by atoms with van der Waals surface area (Å²) in [5.74, 6) is 3.77. The Kier molecular flexibility index (Phi) is 12.4. The molecule has 8 N–H and O–H groups in total. The first-order valence-corrected chi connectivity index (χ1v) is 14.2. The zero-order valence-electron chi connectivity index (χ0n) is 23.2. The maximum absolute atomic E-state index is 8.92. The van der Waals surface area contributed by atoms with Gasteiger partial charge in [0, 0.05) is 31.5 Å². The molecule has 0 radical (unpaired) electrons. The molecule has 2 fully saturated rings. The van der Waals surface area contributed by atoms with Gasteiger partial charge in [0.25, 0.3) is 0 Å². The van der Waals surface area contributed by atoms with E-state index in [1.54, 1.807) is 0 Å². The lowest BCUT2D eigenvalue weighted by atomic mass is 9.79. The second-order valence-electron chi connectivity index (χ2n) is 9.95. The van der Waals surface area contributed by atoms with Gasteiger partial charge >= 0.3 is 0 Å². The molecule has 2 saturated carbocycles. The number of rotatable bonds is 20. The summed E-state index contributed by atoms with van der Waals surface area (Å²) in [5.41, 5.74) is 6.05. The molecule has 16 nitrogen and oxygen atoms in total. The smallest absolute Gasteiger partial charge is 0.227 e. The number of aromatic nitrogens is 6. The van der Waals surface area contributed by atoms with Crippen LogP contribution in [-0.2, 0) is 14.2 Å². The van der Waals surface area contributed by atoms with Crippen LogP contribution < -0.4 is 21.7 Å². The summed E-state index contributed by atoms with van der Waals surface area (Å²) in [6, 6.07) is 0. The van der Waals surface area contributed by atoms with Gasteiger partial charge in [-0.25, -0.2) is 0 Å². The lowest BCUT2D eigenvalue weighted by Gasteiger charge is -2.28. The van der Waals surface area contributed by atoms with Gasteiger partial charge in [-0.2, -0.15) is 29.9 Å². The van der Waals surface area contributed by atoms with Crippen LogP contribution in [0.15, 0.2) is 0 Å². The average molecular weight is 579 g/mol. The number of ether oxygens (including phenoxy) is 3. The van der Waals surface area contributed by atoms with E-state index in [4.69, 9.17) is 45.2 Å². The van der Waals surface area contributed by atoms with Gasteiger partial charge in [0.05, 0.1) is 59.5 Å². The van der Waals surface area contributed by atoms with E-state index < -0.39 is 0 Å². The molecular weight excluding hydrogens is 536 g/mol. The Hall–Kier alpha value is -3.02. The lowest BCUT2D eigenvalue weighted by Crippen LogP contribution is -2.24. The largest absolute Gasteiger partial charge is 0.394 e. The predicted molar refractivity (Wildman–Crippen MR) is 150 cm³/mol. The molecule has 4 rings (SSSR count). The summed E-state index contributed by atoms with van der Waals surface area (Å²) in [6.07, 6.45) is 2.96. The van der Waals surface area contributed by atoms with Crippen LogP contribution in [0.5, 0.6) is 0 Å². The SMILES string of the molecule is Nc1nc(NCCOCCO)nc(C2CC3CC(c4nc(NCCOCCO)nc(NCCOCCO)n4)C2C3)n1. The Balaban J connectivity index is 1.46. The van der Waals surface area contributed by atoms with Crippen molar-refractivity contribution in [1.29, 1.82) is 0 Å². The molecule has 41 heavy (non-hydrogen) atoms. The number of fused-ring (bicyclic) bond motifs is 2. The van der Waals surface area contributed by atoms with Crippen LogP contribution in [-0.4, -0.2) is 124 Å². The van der Waals surface area contributed by atoms with Crippen LogP contribution in [0.4, 0.5) is 23.8 Å². The molecule has 2 aliphatic rings. The molecule has 228 valence electrons. The molecular formula is C25H42N10O6. The highest BCUT2D eigenvalue weighted by Gasteiger charge is 2.49. The summed E-state index contributed by atoms with van der Waals surface area (Å²) in [5, 5.41) is 36.2. The maximum Gasteiger partial charge on any atom is 0.227 e. The first-order valence-electron chi connectivity index (χ1n) is 14.2. The van der Waals surface area contributed by atoms with E-state index in [0.717, 1.165) is 19.3 Å². The third-order valence-electron chi connectivity index (χ3n) is 7.10. The molecule has 0 spiro atoms. The summed E-state index contributed by atoms with van der Waals surface area (Å²) in [4.78, 5) is 27.5. The van der Waals surface area contributed by atoms with E-state index in [0.29, 0.717) is 74.9 Å². The van der Waals surface area contributed by atoms with E-state index in [9.17, 15) is 0 Å². The first kappa shape index (κ1) is 30.9. The highest BCUT2D eigenvalue weighted by atomic mass is 16.5. The molecule has 0 saturated heterocycles. The van der Waals surface area contributed by atoms with Crippen molar-refractivity contribution >= 4 is 23.8 Å². The first-order chi connectivity index (χ1) is 20.1. The molecule has 2 aliphatic carbocycles. The van der Waals surface area contributed by atoms with E-state index in [2.05, 4.69) is 35.9 Å². The monoisotopic (exact) mass is 578 g/mol. The minimum absolute atomic E-state index is 0.0252. The van der Waals surface area contributed by atoms with Gasteiger partial charge in [-0.05, 0) is 31.1 Å². The summed E-state index contributed by atoms with van der Waals surface area (Å²) >= 11 is 0. The van der Waals surface area contributed by atoms with Crippen molar-refractivity contribution in [3.63, 3.8) is 0 Å². The predicted octanol–water partition coefficient (Wildman–Crippen LogP) is -0.801. The Morgan fingerprint density at radius 1 is 0.585 bits per heavy atom. The van der Waals surface area contributed by atoms with Gasteiger partial charge in [0.1, 0.15) is 11.6 Å². The number of hydrogen-bond donors (Lipinski definition) is 7. The van der Waals surface area contributed by atoms with Crippen molar-refractivity contribution in [2.24, 2.45) is 11.8 Å². The number of anilines is 4. The van der Waals surface area contributed by atoms with Gasteiger partial charge in [0.15, 0.2) is 0 Å². The van der Waals surface area contributed by atoms with Crippen molar-refractivity contribution in [2.75, 3.05) is 101 Å². The highest BCUT2D eigenvalue weighted by Crippen LogP contribution is 2.58. The molecule has 16 heteroatoms. The van der Waals surface area contributed by atoms with E-state index in [1.165, 1.54) is 0 Å². The van der Waals surface area contributed by atoms with Crippen molar-refractivity contribution in [3.05, 3.63) is 11.6 Å². The van der Waals surface area contributed by atoms with Crippen molar-refractivity contribution in [2.45, 2.75) is 31.1 Å². The van der Waals surface area contributed by atoms with E-state index in [-0.39, 0.29) is 63.3 Å². The Bertz CT molecular complexity index is 1040. The van der Waals surface area contributed by atoms with Crippen LogP contribution in [0.2, 0.25) is 0 Å². The standard InChI is InChI=1S/C25H42N10O6/c26-22-30-20(31-23(34-22)27-1-7-39-10-4-36)18-14-16-13-17(18)19(15-16)21-32-24(28-2-8-40-11-5-37)35-25(33-21)29-3-9-41-12-6-38/h16-19,36-38H,1-15H2,(H3,26,27,30,31,34)(H2,28,29,32,33,35). The number of nitrogens with one attached hydrogen (secondary N) is 3. The fourth-order valence-electron chi connectivity index (χ4n) is 5.52. The van der Waals surface area contributed by atoms with Crippen LogP contribution in [0.1, 0.15) is 42.7 Å². The van der Waals surface area contributed by atoms with Gasteiger partial charge in [-0.1, -0.05) is 0 Å². The number of nitrogens with two attached hydrogens (primary N) is 1. The molecule has 2 aromatic heterocycles. The zero-order valence-corrected chi connectivity index (χ0v) is 23.2. The number of nitrogen functional groups attached to an aromatic ring is 1. The van der Waals surface area contributed by atoms with Gasteiger partial charge < -0.3 is 51.2 Å². The second kappa shape index (κ2) is 16.4. The molecule has 0 amide bonds. The van der Waals surface area contributed by atoms with E-state index in [1.807, 2.05) is 0 Å². The van der Waals surface area contributed by atoms with Crippen molar-refractivity contribution in [1.82, 2.24) is 29.9 Å². The quantitative estimate of drug-likeness (QED) is 0.0954. The van der Waals surface area contributed by atoms with E-state index >= 15 is 0 Å². The molecule has 0 aromatic carbocycles. The third-order valence-corrected chi connectivity index (χ3v) is 7.10. The van der Waals surface area contributed by atoms with Crippen LogP contribution in [0, 0.1) is 11.8 Å². The molecule has 0 aliphatic heterocycles. The van der Waals surface area contributed by atoms with Crippen molar-refractivity contribution < 1.29 is 29.5 Å². The minimum Gasteiger partial charge on any atom is -0.394 e. The van der Waals surface area contributed by atoms with Crippen LogP contribution in [0.25, 0.3) is 0 Å². The fraction of sp³-hybridized carbons (Fsp3) is 0.760. The average Bonchev–Trinajstić information content (AvgIpc) is 3.58. The number of aliphatic hydroxyl groups excluding tert-OH is 3. The Morgan fingerprint density at radius 3 is 1.46 bits per heavy atom. The zero-order chi connectivity index (χ0) is 28.9. The van der Waals surface area contributed by atoms with Crippen molar-refractivity contribution in [3.8, 4) is 0 Å². The fourth-order valence-corrected chi connectivity index (χ4v) is 5.52. The topological polar surface area (TPSA) is 228 Å². The minimum atomic E-state index is -0.0306. The summed E-state index contributed by atoms with van der Waals surface area (Å²) in [7, 11) is 0. The van der Waals surface area contributed by atoms with Crippen LogP contribution >= 0.6 is 0 Å². The lowest BCUT2D eigenvalue weighted by molar-refractivity contribution is 0.0990. The molecule has 4 unspecified atom stereocenters. The molecule has 2 aromatic rings. The Morgan fingerprint density at radius 2 is 1.02 bits per heavy atom. The summed E-state index contributed by atoms with van der Waals surface area (Å²) in [6.45, 7) is 3.39. The number of hydrogen-bond acceptors (Lipinski definition) is 16. The molecule has 4 atom stereocenters. The van der Waals surface area contributed by atoms with Crippen LogP contribution in [0.3, 0.4) is 0 Å². The normalized spacial score (nSPS) is 21.3. The third kappa shape index (κ3) is 9.24. The molecule has 2 heterocycles. The summed E-state index contributed by atoms with van der Waals surface area (Å²) < 4.78 is 16.0. The highest BCUT2D eigenvalue weighted by molar-refractivity contribution is 5.37. The maximum atomic E-state index is 8.92. The second-order valence-corrected chi connectivity index (χ2v) is 9.95. The van der Waals surface area contributed by atoms with Gasteiger partial charge in [-0.15, -0.1) is 0 Å².